The Hall–Kier alpha value is -1.83. The van der Waals surface area contributed by atoms with E-state index in [9.17, 15) is 9.18 Å². The van der Waals surface area contributed by atoms with Crippen molar-refractivity contribution in [1.82, 2.24) is 20.1 Å². The number of carbonyl (C=O) groups excluding carboxylic acids is 1. The molecule has 1 aromatic heterocycles. The average molecular weight is 374 g/mol. The summed E-state index contributed by atoms with van der Waals surface area (Å²) in [6.07, 6.45) is 3.36. The highest BCUT2D eigenvalue weighted by atomic mass is 32.1. The summed E-state index contributed by atoms with van der Waals surface area (Å²) in [6, 6.07) is 6.91. The second kappa shape index (κ2) is 7.82. The summed E-state index contributed by atoms with van der Waals surface area (Å²) in [7, 11) is 0. The van der Waals surface area contributed by atoms with Crippen molar-refractivity contribution < 1.29 is 9.18 Å². The maximum atomic E-state index is 13.0. The van der Waals surface area contributed by atoms with Gasteiger partial charge in [0.15, 0.2) is 0 Å². The average Bonchev–Trinajstić information content (AvgIpc) is 3.34. The Bertz CT molecular complexity index is 757. The molecular weight excluding hydrogens is 351 g/mol. The van der Waals surface area contributed by atoms with Crippen LogP contribution in [0.5, 0.6) is 0 Å². The van der Waals surface area contributed by atoms with Gasteiger partial charge in [-0.05, 0) is 24.1 Å². The molecule has 1 amide bonds. The monoisotopic (exact) mass is 374 g/mol. The van der Waals surface area contributed by atoms with Crippen molar-refractivity contribution in [2.75, 3.05) is 39.3 Å². The number of hydrogen-bond acceptors (Lipinski definition) is 5. The molecule has 1 N–H and O–H groups in total. The predicted molar refractivity (Wildman–Crippen MR) is 100 cm³/mol. The zero-order chi connectivity index (χ0) is 17.9. The quantitative estimate of drug-likeness (QED) is 0.889. The van der Waals surface area contributed by atoms with Gasteiger partial charge in [-0.1, -0.05) is 12.1 Å². The van der Waals surface area contributed by atoms with Crippen LogP contribution in [0.25, 0.3) is 0 Å². The summed E-state index contributed by atoms with van der Waals surface area (Å²) in [5.41, 5.74) is 1.000. The predicted octanol–water partition coefficient (Wildman–Crippen LogP) is 1.99. The Kier molecular flexibility index (Phi) is 5.28. The Morgan fingerprint density at radius 3 is 2.77 bits per heavy atom. The van der Waals surface area contributed by atoms with Crippen molar-refractivity contribution in [1.29, 1.82) is 0 Å². The molecule has 3 heterocycles. The van der Waals surface area contributed by atoms with Gasteiger partial charge in [-0.25, -0.2) is 9.37 Å². The molecule has 2 aliphatic rings. The third kappa shape index (κ3) is 3.95. The molecule has 26 heavy (non-hydrogen) atoms. The fourth-order valence-corrected chi connectivity index (χ4v) is 4.62. The summed E-state index contributed by atoms with van der Waals surface area (Å²) in [5, 5.41) is 4.26. The number of aromatic nitrogens is 1. The molecule has 1 aromatic carbocycles. The fraction of sp³-hybridized carbons (Fsp3) is 0.474. The summed E-state index contributed by atoms with van der Waals surface area (Å²) in [6.45, 7) is 5.82. The van der Waals surface area contributed by atoms with Crippen LogP contribution in [-0.2, 0) is 6.42 Å². The van der Waals surface area contributed by atoms with Gasteiger partial charge in [-0.3, -0.25) is 9.69 Å². The first-order chi connectivity index (χ1) is 12.7. The number of benzene rings is 1. The zero-order valence-corrected chi connectivity index (χ0v) is 15.5. The van der Waals surface area contributed by atoms with Crippen LogP contribution in [0.2, 0.25) is 0 Å². The lowest BCUT2D eigenvalue weighted by Gasteiger charge is -2.32. The van der Waals surface area contributed by atoms with Crippen LogP contribution in [0.3, 0.4) is 0 Å². The molecule has 1 unspecified atom stereocenters. The van der Waals surface area contributed by atoms with E-state index in [1.807, 2.05) is 4.90 Å². The maximum Gasteiger partial charge on any atom is 0.265 e. The highest BCUT2D eigenvalue weighted by Crippen LogP contribution is 2.23. The molecule has 0 saturated carbocycles. The number of amides is 1. The van der Waals surface area contributed by atoms with Gasteiger partial charge >= 0.3 is 0 Å². The van der Waals surface area contributed by atoms with Crippen molar-refractivity contribution in [3.8, 4) is 0 Å². The number of thiazole rings is 1. The van der Waals surface area contributed by atoms with Gasteiger partial charge in [0.05, 0.1) is 11.2 Å². The lowest BCUT2D eigenvalue weighted by molar-refractivity contribution is 0.0778. The van der Waals surface area contributed by atoms with Gasteiger partial charge in [-0.15, -0.1) is 11.3 Å². The van der Waals surface area contributed by atoms with Crippen LogP contribution < -0.4 is 5.32 Å². The molecule has 2 aliphatic heterocycles. The van der Waals surface area contributed by atoms with Crippen LogP contribution in [-0.4, -0.2) is 66.0 Å². The smallest absolute Gasteiger partial charge is 0.265 e. The second-order valence-electron chi connectivity index (χ2n) is 6.90. The molecule has 4 rings (SSSR count). The summed E-state index contributed by atoms with van der Waals surface area (Å²) in [5.74, 6) is -0.151. The first-order valence-corrected chi connectivity index (χ1v) is 9.94. The number of hydrogen-bond donors (Lipinski definition) is 1. The Morgan fingerprint density at radius 2 is 2.00 bits per heavy atom. The molecule has 2 fully saturated rings. The normalized spacial score (nSPS) is 21.3. The van der Waals surface area contributed by atoms with Gasteiger partial charge in [0, 0.05) is 51.7 Å². The van der Waals surface area contributed by atoms with E-state index in [1.165, 1.54) is 23.5 Å². The number of piperazine rings is 1. The van der Waals surface area contributed by atoms with Gasteiger partial charge in [0.25, 0.3) is 5.91 Å². The Morgan fingerprint density at radius 1 is 1.23 bits per heavy atom. The largest absolute Gasteiger partial charge is 0.336 e. The molecule has 0 radical (unpaired) electrons. The van der Waals surface area contributed by atoms with E-state index in [1.54, 1.807) is 18.3 Å². The SMILES string of the molecule is O=C(c1cnc(Cc2ccc(F)cc2)s1)N1CCC(N2CCNCC2)C1. The molecule has 0 spiro atoms. The van der Waals surface area contributed by atoms with Crippen LogP contribution in [0.15, 0.2) is 30.5 Å². The van der Waals surface area contributed by atoms with E-state index in [2.05, 4.69) is 15.2 Å². The van der Waals surface area contributed by atoms with Crippen molar-refractivity contribution >= 4 is 17.2 Å². The van der Waals surface area contributed by atoms with E-state index in [0.29, 0.717) is 17.3 Å². The van der Waals surface area contributed by atoms with E-state index < -0.39 is 0 Å². The van der Waals surface area contributed by atoms with Gasteiger partial charge in [0.1, 0.15) is 10.7 Å². The zero-order valence-electron chi connectivity index (χ0n) is 14.7. The number of halogens is 1. The van der Waals surface area contributed by atoms with E-state index in [-0.39, 0.29) is 11.7 Å². The molecule has 0 aliphatic carbocycles. The molecule has 2 aromatic rings. The number of carbonyl (C=O) groups is 1. The van der Waals surface area contributed by atoms with Crippen molar-refractivity contribution in [2.45, 2.75) is 18.9 Å². The lowest BCUT2D eigenvalue weighted by Crippen LogP contribution is -2.49. The number of rotatable bonds is 4. The fourth-order valence-electron chi connectivity index (χ4n) is 3.70. The van der Waals surface area contributed by atoms with Crippen LogP contribution in [0.4, 0.5) is 4.39 Å². The molecule has 7 heteroatoms. The third-order valence-electron chi connectivity index (χ3n) is 5.15. The molecule has 5 nitrogen and oxygen atoms in total. The minimum Gasteiger partial charge on any atom is -0.336 e. The van der Waals surface area contributed by atoms with Crippen LogP contribution >= 0.6 is 11.3 Å². The Labute approximate surface area is 156 Å². The first-order valence-electron chi connectivity index (χ1n) is 9.12. The van der Waals surface area contributed by atoms with E-state index in [4.69, 9.17) is 0 Å². The molecule has 0 bridgehead atoms. The topological polar surface area (TPSA) is 48.5 Å². The summed E-state index contributed by atoms with van der Waals surface area (Å²) in [4.78, 5) is 22.3. The summed E-state index contributed by atoms with van der Waals surface area (Å²) < 4.78 is 13.0. The first kappa shape index (κ1) is 17.6. The van der Waals surface area contributed by atoms with Crippen molar-refractivity contribution in [2.24, 2.45) is 0 Å². The van der Waals surface area contributed by atoms with E-state index in [0.717, 1.165) is 56.3 Å². The van der Waals surface area contributed by atoms with Crippen molar-refractivity contribution in [3.63, 3.8) is 0 Å². The molecule has 138 valence electrons. The Balaban J connectivity index is 1.36. The van der Waals surface area contributed by atoms with Crippen LogP contribution in [0.1, 0.15) is 26.7 Å². The maximum absolute atomic E-state index is 13.0. The molecule has 1 atom stereocenters. The lowest BCUT2D eigenvalue weighted by atomic mass is 10.2. The molecule has 2 saturated heterocycles. The highest BCUT2D eigenvalue weighted by molar-refractivity contribution is 7.13. The standard InChI is InChI=1S/C19H23FN4OS/c20-15-3-1-14(2-4-15)11-18-22-12-17(26-18)19(25)24-8-5-16(13-24)23-9-6-21-7-10-23/h1-4,12,16,21H,5-11,13H2. The molecular formula is C19H23FN4OS. The van der Waals surface area contributed by atoms with Gasteiger partial charge in [0.2, 0.25) is 0 Å². The third-order valence-corrected chi connectivity index (χ3v) is 6.14. The minimum atomic E-state index is -0.239. The van der Waals surface area contributed by atoms with E-state index >= 15 is 0 Å². The number of nitrogens with zero attached hydrogens (tertiary/aromatic N) is 3. The second-order valence-corrected chi connectivity index (χ2v) is 8.02. The summed E-state index contributed by atoms with van der Waals surface area (Å²) >= 11 is 1.44. The van der Waals surface area contributed by atoms with Gasteiger partial charge in [-0.2, -0.15) is 0 Å². The van der Waals surface area contributed by atoms with Gasteiger partial charge < -0.3 is 10.2 Å². The van der Waals surface area contributed by atoms with Crippen molar-refractivity contribution in [3.05, 3.63) is 51.7 Å². The van der Waals surface area contributed by atoms with Crippen LogP contribution in [0, 0.1) is 5.82 Å². The number of nitrogens with one attached hydrogen (secondary N) is 1. The highest BCUT2D eigenvalue weighted by Gasteiger charge is 2.31. The number of likely N-dealkylation sites (tertiary alicyclic amines) is 1. The minimum absolute atomic E-state index is 0.0884.